The first-order valence-corrected chi connectivity index (χ1v) is 9.86. The first-order valence-electron chi connectivity index (χ1n) is 9.86. The highest BCUT2D eigenvalue weighted by atomic mass is 19.1. The second-order valence-corrected chi connectivity index (χ2v) is 7.59. The number of aliphatic imine (C=N–C) groups is 1. The molecule has 0 amide bonds. The maximum atomic E-state index is 16.0. The van der Waals surface area contributed by atoms with E-state index in [9.17, 15) is 0 Å². The molecule has 3 aliphatic rings. The van der Waals surface area contributed by atoms with Crippen LogP contribution in [0.5, 0.6) is 5.75 Å². The average molecular weight is 385 g/mol. The van der Waals surface area contributed by atoms with Gasteiger partial charge in [-0.2, -0.15) is 0 Å². The Morgan fingerprint density at radius 2 is 2.14 bits per heavy atom. The van der Waals surface area contributed by atoms with Gasteiger partial charge in [-0.15, -0.1) is 0 Å². The van der Waals surface area contributed by atoms with Crippen molar-refractivity contribution in [1.29, 1.82) is 0 Å². The van der Waals surface area contributed by atoms with Gasteiger partial charge in [-0.1, -0.05) is 6.08 Å². The minimum atomic E-state index is -1.37. The third-order valence-corrected chi connectivity index (χ3v) is 5.76. The van der Waals surface area contributed by atoms with Gasteiger partial charge in [-0.3, -0.25) is 5.73 Å². The van der Waals surface area contributed by atoms with Gasteiger partial charge < -0.3 is 20.7 Å². The Morgan fingerprint density at radius 3 is 2.93 bits per heavy atom. The van der Waals surface area contributed by atoms with Crippen LogP contribution >= 0.6 is 0 Å². The van der Waals surface area contributed by atoms with E-state index in [0.29, 0.717) is 29.3 Å². The minimum absolute atomic E-state index is 0.351. The number of amidine groups is 1. The highest BCUT2D eigenvalue weighted by Gasteiger charge is 2.38. The van der Waals surface area contributed by atoms with Gasteiger partial charge in [0.25, 0.3) is 0 Å². The van der Waals surface area contributed by atoms with E-state index in [0.717, 1.165) is 54.8 Å². The first kappa shape index (κ1) is 19.0. The molecule has 0 aliphatic carbocycles. The van der Waals surface area contributed by atoms with E-state index in [1.165, 1.54) is 0 Å². The Bertz CT molecular complexity index is 905. The number of nitrogens with two attached hydrogens (primary N) is 1. The largest absolute Gasteiger partial charge is 0.492 e. The van der Waals surface area contributed by atoms with Crippen LogP contribution in [0.1, 0.15) is 43.4 Å². The van der Waals surface area contributed by atoms with E-state index in [4.69, 9.17) is 10.5 Å². The van der Waals surface area contributed by atoms with Crippen LogP contribution < -0.4 is 26.4 Å². The molecule has 0 aromatic heterocycles. The van der Waals surface area contributed by atoms with Crippen molar-refractivity contribution in [3.63, 3.8) is 0 Å². The van der Waals surface area contributed by atoms with E-state index < -0.39 is 5.79 Å². The molecule has 0 radical (unpaired) electrons. The lowest BCUT2D eigenvalue weighted by atomic mass is 9.91. The van der Waals surface area contributed by atoms with Crippen LogP contribution in [0.25, 0.3) is 5.57 Å². The van der Waals surface area contributed by atoms with E-state index in [1.54, 1.807) is 7.05 Å². The SMILES string of the molecule is CNC1=NC(N)(c2cc3c(c(C4=CCNCCC4)c2F)OCC3)NC(C)=C1C. The van der Waals surface area contributed by atoms with Crippen molar-refractivity contribution in [2.75, 3.05) is 26.7 Å². The number of halogens is 1. The average Bonchev–Trinajstić information content (AvgIpc) is 2.97. The van der Waals surface area contributed by atoms with Crippen molar-refractivity contribution in [3.8, 4) is 5.75 Å². The molecule has 0 fully saturated rings. The van der Waals surface area contributed by atoms with E-state index >= 15 is 4.39 Å². The third kappa shape index (κ3) is 3.08. The van der Waals surface area contributed by atoms with Gasteiger partial charge in [-0.05, 0) is 50.4 Å². The topological polar surface area (TPSA) is 83.7 Å². The number of benzene rings is 1. The molecule has 1 atom stereocenters. The van der Waals surface area contributed by atoms with Gasteiger partial charge >= 0.3 is 0 Å². The Hall–Kier alpha value is -2.38. The third-order valence-electron chi connectivity index (χ3n) is 5.76. The lowest BCUT2D eigenvalue weighted by molar-refractivity contribution is 0.350. The summed E-state index contributed by atoms with van der Waals surface area (Å²) in [5.41, 5.74) is 11.3. The molecule has 1 aromatic carbocycles. The van der Waals surface area contributed by atoms with Crippen molar-refractivity contribution in [1.82, 2.24) is 16.0 Å². The molecular formula is C21H28FN5O. The summed E-state index contributed by atoms with van der Waals surface area (Å²) in [5.74, 6) is -0.401. The van der Waals surface area contributed by atoms with Crippen molar-refractivity contribution in [3.05, 3.63) is 45.9 Å². The minimum Gasteiger partial charge on any atom is -0.492 e. The van der Waals surface area contributed by atoms with Crippen molar-refractivity contribution >= 4 is 11.4 Å². The van der Waals surface area contributed by atoms with Gasteiger partial charge in [0.15, 0.2) is 0 Å². The number of hydrogen-bond donors (Lipinski definition) is 4. The number of allylic oxidation sites excluding steroid dienone is 2. The molecule has 7 heteroatoms. The second kappa shape index (κ2) is 7.22. The van der Waals surface area contributed by atoms with Crippen LogP contribution in [-0.2, 0) is 12.2 Å². The quantitative estimate of drug-likeness (QED) is 0.627. The summed E-state index contributed by atoms with van der Waals surface area (Å²) in [7, 11) is 1.79. The summed E-state index contributed by atoms with van der Waals surface area (Å²) in [6.07, 6.45) is 4.57. The molecular weight excluding hydrogens is 357 g/mol. The molecule has 150 valence electrons. The number of likely N-dealkylation sites (N-methyl/N-ethyl adjacent to an activating group) is 1. The highest BCUT2D eigenvalue weighted by molar-refractivity contribution is 5.99. The Labute approximate surface area is 165 Å². The van der Waals surface area contributed by atoms with E-state index in [-0.39, 0.29) is 5.82 Å². The Balaban J connectivity index is 1.89. The number of ether oxygens (including phenoxy) is 1. The molecule has 3 aliphatic heterocycles. The summed E-state index contributed by atoms with van der Waals surface area (Å²) in [4.78, 5) is 4.63. The summed E-state index contributed by atoms with van der Waals surface area (Å²) in [5, 5.41) is 9.62. The fourth-order valence-corrected chi connectivity index (χ4v) is 4.12. The maximum Gasteiger partial charge on any atom is 0.214 e. The van der Waals surface area contributed by atoms with Crippen LogP contribution in [0.3, 0.4) is 0 Å². The predicted molar refractivity (Wildman–Crippen MR) is 110 cm³/mol. The fourth-order valence-electron chi connectivity index (χ4n) is 4.12. The molecule has 5 N–H and O–H groups in total. The predicted octanol–water partition coefficient (Wildman–Crippen LogP) is 2.11. The Kier molecular flexibility index (Phi) is 4.89. The van der Waals surface area contributed by atoms with Gasteiger partial charge in [0, 0.05) is 31.3 Å². The van der Waals surface area contributed by atoms with Crippen molar-refractivity contribution in [2.45, 2.75) is 38.9 Å². The van der Waals surface area contributed by atoms with Gasteiger partial charge in [0.1, 0.15) is 17.4 Å². The highest BCUT2D eigenvalue weighted by Crippen LogP contribution is 2.42. The van der Waals surface area contributed by atoms with Crippen molar-refractivity contribution in [2.24, 2.45) is 10.7 Å². The summed E-state index contributed by atoms with van der Waals surface area (Å²) < 4.78 is 21.8. The van der Waals surface area contributed by atoms with Crippen LogP contribution in [-0.4, -0.2) is 32.6 Å². The molecule has 0 spiro atoms. The lowest BCUT2D eigenvalue weighted by Crippen LogP contribution is -2.53. The molecule has 28 heavy (non-hydrogen) atoms. The molecule has 4 rings (SSSR count). The molecule has 0 saturated carbocycles. The molecule has 1 unspecified atom stereocenters. The van der Waals surface area contributed by atoms with Crippen LogP contribution in [0.4, 0.5) is 4.39 Å². The van der Waals surface area contributed by atoms with Gasteiger partial charge in [0.2, 0.25) is 5.79 Å². The number of hydrogen-bond acceptors (Lipinski definition) is 6. The summed E-state index contributed by atoms with van der Waals surface area (Å²) in [6, 6.07) is 1.81. The van der Waals surface area contributed by atoms with Crippen LogP contribution in [0.2, 0.25) is 0 Å². The zero-order valence-corrected chi connectivity index (χ0v) is 16.7. The standard InChI is InChI=1S/C21H28FN5O/c1-12-13(2)26-21(23,27-20(12)24-3)16-11-15-7-10-28-19(15)17(18(16)22)14-5-4-8-25-9-6-14/h6,11,25-26H,4-5,7-10,23H2,1-3H3,(H,24,27). The molecule has 3 heterocycles. The molecule has 6 nitrogen and oxygen atoms in total. The van der Waals surface area contributed by atoms with Crippen LogP contribution in [0, 0.1) is 5.82 Å². The van der Waals surface area contributed by atoms with Gasteiger partial charge in [-0.25, -0.2) is 9.38 Å². The number of rotatable bonds is 2. The maximum absolute atomic E-state index is 16.0. The fraction of sp³-hybridized carbons (Fsp3) is 0.476. The number of fused-ring (bicyclic) bond motifs is 1. The smallest absolute Gasteiger partial charge is 0.214 e. The molecule has 0 saturated heterocycles. The lowest BCUT2D eigenvalue weighted by Gasteiger charge is -2.35. The van der Waals surface area contributed by atoms with Crippen LogP contribution in [0.15, 0.2) is 28.4 Å². The number of nitrogens with one attached hydrogen (secondary N) is 3. The normalized spacial score (nSPS) is 24.6. The number of nitrogens with zero attached hydrogens (tertiary/aromatic N) is 1. The zero-order valence-electron chi connectivity index (χ0n) is 16.7. The first-order chi connectivity index (χ1) is 13.4. The second-order valence-electron chi connectivity index (χ2n) is 7.59. The van der Waals surface area contributed by atoms with E-state index in [1.807, 2.05) is 19.9 Å². The van der Waals surface area contributed by atoms with E-state index in [2.05, 4.69) is 27.0 Å². The van der Waals surface area contributed by atoms with Crippen molar-refractivity contribution < 1.29 is 9.13 Å². The zero-order chi connectivity index (χ0) is 19.9. The molecule has 0 bridgehead atoms. The monoisotopic (exact) mass is 385 g/mol. The summed E-state index contributed by atoms with van der Waals surface area (Å²) >= 11 is 0. The van der Waals surface area contributed by atoms with Gasteiger partial charge in [0.05, 0.1) is 17.7 Å². The summed E-state index contributed by atoms with van der Waals surface area (Å²) in [6.45, 7) is 6.09. The Morgan fingerprint density at radius 1 is 1.32 bits per heavy atom. The molecule has 1 aromatic rings.